The van der Waals surface area contributed by atoms with Gasteiger partial charge in [-0.05, 0) is 17.9 Å². The van der Waals surface area contributed by atoms with Crippen molar-refractivity contribution < 1.29 is 29.7 Å². The van der Waals surface area contributed by atoms with Gasteiger partial charge in [0, 0.05) is 30.7 Å². The predicted octanol–water partition coefficient (Wildman–Crippen LogP) is 2.15. The van der Waals surface area contributed by atoms with E-state index in [2.05, 4.69) is 4.98 Å². The quantitative estimate of drug-likeness (QED) is 0.412. The molecule has 0 saturated heterocycles. The van der Waals surface area contributed by atoms with E-state index in [1.807, 2.05) is 37.3 Å². The zero-order valence-corrected chi connectivity index (χ0v) is 17.6. The number of fused-ring (bicyclic) bond motifs is 1. The van der Waals surface area contributed by atoms with Crippen LogP contribution in [0.15, 0.2) is 36.5 Å². The maximum Gasteiger partial charge on any atom is 0.317 e. The van der Waals surface area contributed by atoms with Crippen molar-refractivity contribution in [3.8, 4) is 0 Å². The molecule has 0 aliphatic carbocycles. The number of benzene rings is 1. The summed E-state index contributed by atoms with van der Waals surface area (Å²) in [5.74, 6) is -3.27. The van der Waals surface area contributed by atoms with Crippen molar-refractivity contribution >= 4 is 28.7 Å². The van der Waals surface area contributed by atoms with Gasteiger partial charge in [-0.25, -0.2) is 0 Å². The first-order valence-electron chi connectivity index (χ1n) is 10.2. The molecule has 0 bridgehead atoms. The SMILES string of the molecule is CCCCC(CN(CC(=O)O)CC(=O)O)N(CC(=O)O)Cc1cc2ccccc2cn1. The molecule has 0 aliphatic heterocycles. The Morgan fingerprint density at radius 2 is 1.58 bits per heavy atom. The van der Waals surface area contributed by atoms with Crippen LogP contribution in [0.2, 0.25) is 0 Å². The Labute approximate surface area is 180 Å². The summed E-state index contributed by atoms with van der Waals surface area (Å²) in [5, 5.41) is 29.7. The number of rotatable bonds is 14. The van der Waals surface area contributed by atoms with Crippen molar-refractivity contribution in [2.24, 2.45) is 0 Å². The molecule has 168 valence electrons. The van der Waals surface area contributed by atoms with E-state index in [1.165, 1.54) is 4.90 Å². The highest BCUT2D eigenvalue weighted by Gasteiger charge is 2.25. The minimum absolute atomic E-state index is 0.138. The van der Waals surface area contributed by atoms with Gasteiger partial charge in [0.25, 0.3) is 0 Å². The monoisotopic (exact) mass is 431 g/mol. The number of aliphatic carboxylic acids is 3. The summed E-state index contributed by atoms with van der Waals surface area (Å²) in [4.78, 5) is 41.5. The second-order valence-corrected chi connectivity index (χ2v) is 7.57. The van der Waals surface area contributed by atoms with Crippen molar-refractivity contribution in [1.82, 2.24) is 14.8 Å². The number of nitrogens with zero attached hydrogens (tertiary/aromatic N) is 3. The van der Waals surface area contributed by atoms with Crippen LogP contribution < -0.4 is 0 Å². The molecular formula is C22H29N3O6. The summed E-state index contributed by atoms with van der Waals surface area (Å²) in [6.45, 7) is 1.31. The molecule has 0 amide bonds. The zero-order valence-electron chi connectivity index (χ0n) is 17.6. The van der Waals surface area contributed by atoms with Gasteiger partial charge in [-0.15, -0.1) is 0 Å². The molecule has 9 nitrogen and oxygen atoms in total. The van der Waals surface area contributed by atoms with Crippen molar-refractivity contribution in [3.63, 3.8) is 0 Å². The van der Waals surface area contributed by atoms with Crippen LogP contribution in [0.25, 0.3) is 10.8 Å². The minimum Gasteiger partial charge on any atom is -0.480 e. The Bertz CT molecular complexity index is 888. The van der Waals surface area contributed by atoms with E-state index < -0.39 is 31.0 Å². The summed E-state index contributed by atoms with van der Waals surface area (Å²) in [6, 6.07) is 9.32. The van der Waals surface area contributed by atoms with Crippen molar-refractivity contribution in [2.75, 3.05) is 26.2 Å². The second kappa shape index (κ2) is 12.0. The normalized spacial score (nSPS) is 12.4. The van der Waals surface area contributed by atoms with Gasteiger partial charge in [-0.3, -0.25) is 29.2 Å². The number of carbonyl (C=O) groups is 3. The standard InChI is InChI=1S/C22H29N3O6/c1-2-3-8-19(12-24(13-20(26)27)14-21(28)29)25(15-22(30)31)11-18-9-16-6-4-5-7-17(16)10-23-18/h4-7,9-10,19H,2-3,8,11-15H2,1H3,(H,26,27)(H,28,29)(H,30,31). The van der Waals surface area contributed by atoms with Crippen LogP contribution in [-0.4, -0.2) is 80.2 Å². The van der Waals surface area contributed by atoms with Crippen LogP contribution in [0.4, 0.5) is 0 Å². The topological polar surface area (TPSA) is 131 Å². The molecule has 0 radical (unpaired) electrons. The summed E-state index contributed by atoms with van der Waals surface area (Å²) >= 11 is 0. The summed E-state index contributed by atoms with van der Waals surface area (Å²) in [6.07, 6.45) is 4.04. The number of hydrogen-bond donors (Lipinski definition) is 3. The van der Waals surface area contributed by atoms with E-state index in [0.29, 0.717) is 12.1 Å². The Morgan fingerprint density at radius 3 is 2.16 bits per heavy atom. The number of hydrogen-bond acceptors (Lipinski definition) is 6. The van der Waals surface area contributed by atoms with Crippen LogP contribution >= 0.6 is 0 Å². The number of pyridine rings is 1. The molecule has 0 aliphatic rings. The lowest BCUT2D eigenvalue weighted by atomic mass is 10.1. The number of carboxylic acid groups (broad SMARTS) is 3. The maximum atomic E-state index is 11.6. The molecule has 0 spiro atoms. The molecule has 31 heavy (non-hydrogen) atoms. The highest BCUT2D eigenvalue weighted by Crippen LogP contribution is 2.18. The molecule has 1 aromatic heterocycles. The molecule has 1 unspecified atom stereocenters. The fourth-order valence-electron chi connectivity index (χ4n) is 3.61. The maximum absolute atomic E-state index is 11.6. The average Bonchev–Trinajstić information content (AvgIpc) is 2.69. The third-order valence-electron chi connectivity index (χ3n) is 4.99. The van der Waals surface area contributed by atoms with Gasteiger partial charge in [0.1, 0.15) is 0 Å². The number of carboxylic acids is 3. The van der Waals surface area contributed by atoms with E-state index in [4.69, 9.17) is 10.2 Å². The van der Waals surface area contributed by atoms with Crippen molar-refractivity contribution in [2.45, 2.75) is 38.8 Å². The zero-order chi connectivity index (χ0) is 22.8. The van der Waals surface area contributed by atoms with Gasteiger partial charge in [-0.2, -0.15) is 0 Å². The lowest BCUT2D eigenvalue weighted by molar-refractivity contribution is -0.144. The largest absolute Gasteiger partial charge is 0.480 e. The fourth-order valence-corrected chi connectivity index (χ4v) is 3.61. The number of aromatic nitrogens is 1. The molecule has 0 fully saturated rings. The first-order chi connectivity index (χ1) is 14.8. The molecule has 3 N–H and O–H groups in total. The fraction of sp³-hybridized carbons (Fsp3) is 0.455. The lowest BCUT2D eigenvalue weighted by Crippen LogP contribution is -2.48. The predicted molar refractivity (Wildman–Crippen MR) is 115 cm³/mol. The third kappa shape index (κ3) is 8.31. The highest BCUT2D eigenvalue weighted by molar-refractivity contribution is 5.81. The molecule has 2 aromatic rings. The summed E-state index contributed by atoms with van der Waals surface area (Å²) in [7, 11) is 0. The summed E-state index contributed by atoms with van der Waals surface area (Å²) < 4.78 is 0. The van der Waals surface area contributed by atoms with Gasteiger partial charge in [0.2, 0.25) is 0 Å². The van der Waals surface area contributed by atoms with Crippen LogP contribution in [0.5, 0.6) is 0 Å². The second-order valence-electron chi connectivity index (χ2n) is 7.57. The average molecular weight is 431 g/mol. The Morgan fingerprint density at radius 1 is 0.968 bits per heavy atom. The van der Waals surface area contributed by atoms with Crippen molar-refractivity contribution in [1.29, 1.82) is 0 Å². The van der Waals surface area contributed by atoms with Crippen molar-refractivity contribution in [3.05, 3.63) is 42.2 Å². The van der Waals surface area contributed by atoms with E-state index >= 15 is 0 Å². The van der Waals surface area contributed by atoms with Crippen LogP contribution in [0, 0.1) is 0 Å². The molecule has 9 heteroatoms. The Balaban J connectivity index is 2.28. The summed E-state index contributed by atoms with van der Waals surface area (Å²) in [5.41, 5.74) is 0.699. The minimum atomic E-state index is -1.13. The van der Waals surface area contributed by atoms with Crippen LogP contribution in [-0.2, 0) is 20.9 Å². The Hall–Kier alpha value is -3.04. The van der Waals surface area contributed by atoms with Gasteiger partial charge in [-0.1, -0.05) is 44.0 Å². The molecule has 2 rings (SSSR count). The van der Waals surface area contributed by atoms with E-state index in [1.54, 1.807) is 11.1 Å². The van der Waals surface area contributed by atoms with E-state index in [-0.39, 0.29) is 25.7 Å². The van der Waals surface area contributed by atoms with Gasteiger partial charge in [0.15, 0.2) is 0 Å². The third-order valence-corrected chi connectivity index (χ3v) is 4.99. The van der Waals surface area contributed by atoms with Gasteiger partial charge >= 0.3 is 17.9 Å². The first-order valence-corrected chi connectivity index (χ1v) is 10.2. The first kappa shape index (κ1) is 24.2. The van der Waals surface area contributed by atoms with E-state index in [0.717, 1.165) is 23.6 Å². The highest BCUT2D eigenvalue weighted by atomic mass is 16.4. The lowest BCUT2D eigenvalue weighted by Gasteiger charge is -2.34. The van der Waals surface area contributed by atoms with Crippen LogP contribution in [0.3, 0.4) is 0 Å². The Kier molecular flexibility index (Phi) is 9.36. The molecule has 1 heterocycles. The van der Waals surface area contributed by atoms with Gasteiger partial charge in [0.05, 0.1) is 25.3 Å². The molecule has 1 aromatic carbocycles. The molecule has 1 atom stereocenters. The van der Waals surface area contributed by atoms with Crippen LogP contribution in [0.1, 0.15) is 31.9 Å². The molecular weight excluding hydrogens is 402 g/mol. The molecule has 0 saturated carbocycles. The van der Waals surface area contributed by atoms with E-state index in [9.17, 15) is 19.5 Å². The number of unbranched alkanes of at least 4 members (excludes halogenated alkanes) is 1. The van der Waals surface area contributed by atoms with Gasteiger partial charge < -0.3 is 15.3 Å². The smallest absolute Gasteiger partial charge is 0.317 e.